The van der Waals surface area contributed by atoms with E-state index < -0.39 is 0 Å². The molecule has 2 rings (SSSR count). The van der Waals surface area contributed by atoms with Crippen molar-refractivity contribution in [1.82, 2.24) is 10.6 Å². The van der Waals surface area contributed by atoms with E-state index in [1.165, 1.54) is 19.3 Å². The number of nitrogens with zero attached hydrogens (tertiary/aromatic N) is 1. The van der Waals surface area contributed by atoms with Gasteiger partial charge in [-0.1, -0.05) is 6.42 Å². The highest BCUT2D eigenvalue weighted by Gasteiger charge is 2.42. The molecule has 0 aromatic heterocycles. The van der Waals surface area contributed by atoms with E-state index in [-0.39, 0.29) is 11.9 Å². The number of carbonyl (C=O) groups excluding carboxylic acids is 1. The van der Waals surface area contributed by atoms with E-state index in [0.717, 1.165) is 25.3 Å². The second kappa shape index (κ2) is 6.02. The molecule has 17 heavy (non-hydrogen) atoms. The summed E-state index contributed by atoms with van der Waals surface area (Å²) >= 11 is 0. The fourth-order valence-corrected chi connectivity index (χ4v) is 3.13. The maximum atomic E-state index is 12.0. The molecule has 0 spiro atoms. The Morgan fingerprint density at radius 1 is 1.41 bits per heavy atom. The molecule has 3 atom stereocenters. The lowest BCUT2D eigenvalue weighted by atomic mass is 9.93. The zero-order valence-corrected chi connectivity index (χ0v) is 10.2. The van der Waals surface area contributed by atoms with E-state index >= 15 is 0 Å². The van der Waals surface area contributed by atoms with Gasteiger partial charge < -0.3 is 10.6 Å². The summed E-state index contributed by atoms with van der Waals surface area (Å²) in [5.74, 6) is 1.45. The second-order valence-electron chi connectivity index (χ2n) is 5.15. The van der Waals surface area contributed by atoms with Gasteiger partial charge in [-0.05, 0) is 44.1 Å². The van der Waals surface area contributed by atoms with Crippen LogP contribution in [0.4, 0.5) is 0 Å². The van der Waals surface area contributed by atoms with Gasteiger partial charge in [0.05, 0.1) is 12.1 Å². The first kappa shape index (κ1) is 12.4. The molecule has 2 N–H and O–H groups in total. The lowest BCUT2D eigenvalue weighted by molar-refractivity contribution is -0.123. The smallest absolute Gasteiger partial charge is 0.237 e. The van der Waals surface area contributed by atoms with Crippen LogP contribution in [0.5, 0.6) is 0 Å². The lowest BCUT2D eigenvalue weighted by Gasteiger charge is -2.17. The van der Waals surface area contributed by atoms with Crippen molar-refractivity contribution in [2.45, 2.75) is 44.6 Å². The largest absolute Gasteiger partial charge is 0.355 e. The quantitative estimate of drug-likeness (QED) is 0.703. The summed E-state index contributed by atoms with van der Waals surface area (Å²) in [6.45, 7) is 1.72. The summed E-state index contributed by atoms with van der Waals surface area (Å²) in [5.41, 5.74) is 0. The number of nitrogens with one attached hydrogen (secondary N) is 2. The molecule has 1 heterocycles. The van der Waals surface area contributed by atoms with Gasteiger partial charge in [-0.3, -0.25) is 4.79 Å². The third-order valence-corrected chi connectivity index (χ3v) is 4.04. The zero-order chi connectivity index (χ0) is 12.1. The number of carbonyl (C=O) groups is 1. The number of amides is 1. The fourth-order valence-electron chi connectivity index (χ4n) is 3.13. The number of unbranched alkanes of at least 4 members (excludes halogenated alkanes) is 2. The number of rotatable bonds is 5. The molecule has 1 aliphatic carbocycles. The molecule has 3 unspecified atom stereocenters. The maximum absolute atomic E-state index is 12.0. The van der Waals surface area contributed by atoms with Crippen LogP contribution < -0.4 is 10.6 Å². The highest BCUT2D eigenvalue weighted by molar-refractivity contribution is 5.82. The third kappa shape index (κ3) is 2.98. The minimum absolute atomic E-state index is 0.0402. The summed E-state index contributed by atoms with van der Waals surface area (Å²) in [6.07, 6.45) is 6.13. The van der Waals surface area contributed by atoms with Gasteiger partial charge in [-0.2, -0.15) is 5.26 Å². The molecule has 1 saturated heterocycles. The van der Waals surface area contributed by atoms with E-state index in [4.69, 9.17) is 5.26 Å². The monoisotopic (exact) mass is 235 g/mol. The average Bonchev–Trinajstić information content (AvgIpc) is 2.90. The van der Waals surface area contributed by atoms with Crippen LogP contribution in [0.3, 0.4) is 0 Å². The van der Waals surface area contributed by atoms with Gasteiger partial charge in [0.1, 0.15) is 0 Å². The highest BCUT2D eigenvalue weighted by atomic mass is 16.2. The van der Waals surface area contributed by atoms with Crippen molar-refractivity contribution in [1.29, 1.82) is 5.26 Å². The Balaban J connectivity index is 1.68. The van der Waals surface area contributed by atoms with Crippen LogP contribution in [0.2, 0.25) is 0 Å². The van der Waals surface area contributed by atoms with Crippen LogP contribution in [0, 0.1) is 23.2 Å². The molecule has 1 amide bonds. The number of hydrogen-bond acceptors (Lipinski definition) is 3. The highest BCUT2D eigenvalue weighted by Crippen LogP contribution is 2.37. The zero-order valence-electron chi connectivity index (χ0n) is 10.2. The van der Waals surface area contributed by atoms with E-state index in [2.05, 4.69) is 16.7 Å². The average molecular weight is 235 g/mol. The molecular weight excluding hydrogens is 214 g/mol. The van der Waals surface area contributed by atoms with Gasteiger partial charge >= 0.3 is 0 Å². The predicted octanol–water partition coefficient (Wildman–Crippen LogP) is 1.18. The molecule has 2 fully saturated rings. The molecule has 4 nitrogen and oxygen atoms in total. The van der Waals surface area contributed by atoms with Crippen LogP contribution in [-0.2, 0) is 4.79 Å². The van der Waals surface area contributed by atoms with Crippen LogP contribution >= 0.6 is 0 Å². The summed E-state index contributed by atoms with van der Waals surface area (Å²) in [6, 6.07) is 2.16. The number of fused-ring (bicyclic) bond motifs is 1. The molecule has 0 bridgehead atoms. The van der Waals surface area contributed by atoms with Gasteiger partial charge in [-0.15, -0.1) is 0 Å². The SMILES string of the molecule is N#CCCCCNC(=O)C1NCC2CCCC21. The first-order valence-corrected chi connectivity index (χ1v) is 6.71. The fraction of sp³-hybridized carbons (Fsp3) is 0.846. The van der Waals surface area contributed by atoms with E-state index in [9.17, 15) is 4.79 Å². The third-order valence-electron chi connectivity index (χ3n) is 4.04. The Kier molecular flexibility index (Phi) is 4.38. The van der Waals surface area contributed by atoms with Crippen molar-refractivity contribution in [3.05, 3.63) is 0 Å². The van der Waals surface area contributed by atoms with E-state index in [0.29, 0.717) is 18.9 Å². The van der Waals surface area contributed by atoms with Crippen molar-refractivity contribution < 1.29 is 4.79 Å². The Morgan fingerprint density at radius 3 is 3.12 bits per heavy atom. The molecule has 1 aliphatic heterocycles. The topological polar surface area (TPSA) is 64.9 Å². The second-order valence-corrected chi connectivity index (χ2v) is 5.15. The van der Waals surface area contributed by atoms with Gasteiger partial charge in [-0.25, -0.2) is 0 Å². The van der Waals surface area contributed by atoms with Crippen LogP contribution in [-0.4, -0.2) is 25.0 Å². The van der Waals surface area contributed by atoms with Crippen molar-refractivity contribution in [2.75, 3.05) is 13.1 Å². The van der Waals surface area contributed by atoms with Crippen LogP contribution in [0.25, 0.3) is 0 Å². The van der Waals surface area contributed by atoms with Gasteiger partial charge in [0.2, 0.25) is 5.91 Å². The predicted molar refractivity (Wildman–Crippen MR) is 65.1 cm³/mol. The molecule has 1 saturated carbocycles. The summed E-state index contributed by atoms with van der Waals surface area (Å²) < 4.78 is 0. The van der Waals surface area contributed by atoms with Gasteiger partial charge in [0.15, 0.2) is 0 Å². The number of nitriles is 1. The lowest BCUT2D eigenvalue weighted by Crippen LogP contribution is -2.44. The molecule has 94 valence electrons. The molecule has 2 aliphatic rings. The maximum Gasteiger partial charge on any atom is 0.237 e. The summed E-state index contributed by atoms with van der Waals surface area (Å²) in [4.78, 5) is 12.0. The molecule has 4 heteroatoms. The van der Waals surface area contributed by atoms with E-state index in [1.54, 1.807) is 0 Å². The number of hydrogen-bond donors (Lipinski definition) is 2. The first-order chi connectivity index (χ1) is 8.33. The Labute approximate surface area is 103 Å². The standard InChI is InChI=1S/C13H21N3O/c14-7-2-1-3-8-15-13(17)12-11-6-4-5-10(11)9-16-12/h10-12,16H,1-6,8-9H2,(H,15,17). The summed E-state index contributed by atoms with van der Waals surface area (Å²) in [7, 11) is 0. The Morgan fingerprint density at radius 2 is 2.29 bits per heavy atom. The minimum Gasteiger partial charge on any atom is -0.355 e. The molecule has 0 radical (unpaired) electrons. The van der Waals surface area contributed by atoms with Crippen LogP contribution in [0.15, 0.2) is 0 Å². The normalized spacial score (nSPS) is 30.9. The van der Waals surface area contributed by atoms with Gasteiger partial charge in [0.25, 0.3) is 0 Å². The first-order valence-electron chi connectivity index (χ1n) is 6.71. The van der Waals surface area contributed by atoms with Crippen molar-refractivity contribution in [3.63, 3.8) is 0 Å². The Bertz CT molecular complexity index is 310. The van der Waals surface area contributed by atoms with Gasteiger partial charge in [0, 0.05) is 13.0 Å². The van der Waals surface area contributed by atoms with Crippen molar-refractivity contribution in [2.24, 2.45) is 11.8 Å². The van der Waals surface area contributed by atoms with Crippen LogP contribution in [0.1, 0.15) is 38.5 Å². The van der Waals surface area contributed by atoms with Crippen molar-refractivity contribution >= 4 is 5.91 Å². The van der Waals surface area contributed by atoms with Crippen molar-refractivity contribution in [3.8, 4) is 6.07 Å². The molecule has 0 aromatic carbocycles. The van der Waals surface area contributed by atoms with E-state index in [1.807, 2.05) is 0 Å². The summed E-state index contributed by atoms with van der Waals surface area (Å²) in [5, 5.41) is 14.7. The Hall–Kier alpha value is -1.08. The molecule has 0 aromatic rings. The molecular formula is C13H21N3O. The minimum atomic E-state index is 0.0402.